The molecule has 0 fully saturated rings. The lowest BCUT2D eigenvalue weighted by atomic mass is 10.0. The molecule has 0 bridgehead atoms. The standard InChI is InChI=1S/C9H14N2O2/c1-4-9(6-10)5-7(2)11-13-8(3)12/h9H,4-5H2,1-3H3/b11-7+. The van der Waals surface area contributed by atoms with E-state index in [1.807, 2.05) is 6.92 Å². The Morgan fingerprint density at radius 3 is 2.62 bits per heavy atom. The Bertz CT molecular complexity index is 240. The molecule has 1 unspecified atom stereocenters. The minimum absolute atomic E-state index is 0.0423. The summed E-state index contributed by atoms with van der Waals surface area (Å²) in [5, 5.41) is 12.2. The van der Waals surface area contributed by atoms with Crippen molar-refractivity contribution in [1.82, 2.24) is 0 Å². The smallest absolute Gasteiger partial charge is 0.319 e. The molecule has 0 heterocycles. The van der Waals surface area contributed by atoms with Crippen LogP contribution in [0.25, 0.3) is 0 Å². The van der Waals surface area contributed by atoms with Crippen LogP contribution in [0.3, 0.4) is 0 Å². The molecule has 0 radical (unpaired) electrons. The maximum absolute atomic E-state index is 10.4. The maximum Gasteiger partial charge on any atom is 0.331 e. The molecule has 0 saturated carbocycles. The minimum Gasteiger partial charge on any atom is -0.319 e. The summed E-state index contributed by atoms with van der Waals surface area (Å²) in [6.45, 7) is 4.97. The van der Waals surface area contributed by atoms with Crippen LogP contribution < -0.4 is 0 Å². The van der Waals surface area contributed by atoms with Crippen LogP contribution in [-0.2, 0) is 9.63 Å². The van der Waals surface area contributed by atoms with Crippen molar-refractivity contribution < 1.29 is 9.63 Å². The molecular formula is C9H14N2O2. The topological polar surface area (TPSA) is 62.4 Å². The monoisotopic (exact) mass is 182 g/mol. The number of carbonyl (C=O) groups excluding carboxylic acids is 1. The number of hydrogen-bond acceptors (Lipinski definition) is 4. The Hall–Kier alpha value is -1.37. The predicted octanol–water partition coefficient (Wildman–Crippen LogP) is 1.87. The van der Waals surface area contributed by atoms with E-state index in [9.17, 15) is 4.79 Å². The normalized spacial score (nSPS) is 13.2. The third kappa shape index (κ3) is 5.85. The second-order valence-corrected chi connectivity index (χ2v) is 2.85. The van der Waals surface area contributed by atoms with Crippen LogP contribution in [0.5, 0.6) is 0 Å². The lowest BCUT2D eigenvalue weighted by molar-refractivity contribution is -0.140. The summed E-state index contributed by atoms with van der Waals surface area (Å²) in [6.07, 6.45) is 1.34. The molecule has 0 aliphatic rings. The van der Waals surface area contributed by atoms with Crippen molar-refractivity contribution in [3.05, 3.63) is 0 Å². The number of hydrogen-bond donors (Lipinski definition) is 0. The van der Waals surface area contributed by atoms with Crippen molar-refractivity contribution in [2.45, 2.75) is 33.6 Å². The fraction of sp³-hybridized carbons (Fsp3) is 0.667. The van der Waals surface area contributed by atoms with Crippen molar-refractivity contribution in [3.63, 3.8) is 0 Å². The Morgan fingerprint density at radius 1 is 1.62 bits per heavy atom. The van der Waals surface area contributed by atoms with Crippen LogP contribution in [0.4, 0.5) is 0 Å². The molecule has 0 N–H and O–H groups in total. The van der Waals surface area contributed by atoms with E-state index in [1.165, 1.54) is 6.92 Å². The number of nitrogens with zero attached hydrogens (tertiary/aromatic N) is 2. The van der Waals surface area contributed by atoms with Gasteiger partial charge in [0.2, 0.25) is 0 Å². The highest BCUT2D eigenvalue weighted by Gasteiger charge is 2.06. The average molecular weight is 182 g/mol. The number of carbonyl (C=O) groups is 1. The molecule has 72 valence electrons. The highest BCUT2D eigenvalue weighted by molar-refractivity contribution is 5.82. The lowest BCUT2D eigenvalue weighted by Crippen LogP contribution is -2.04. The SMILES string of the molecule is CCC(C#N)C/C(C)=N/OC(C)=O. The van der Waals surface area contributed by atoms with Crippen molar-refractivity contribution in [1.29, 1.82) is 5.26 Å². The second-order valence-electron chi connectivity index (χ2n) is 2.85. The Kier molecular flexibility index (Phi) is 5.53. The van der Waals surface area contributed by atoms with Crippen molar-refractivity contribution in [3.8, 4) is 6.07 Å². The molecule has 0 aromatic carbocycles. The summed E-state index contributed by atoms with van der Waals surface area (Å²) < 4.78 is 0. The van der Waals surface area contributed by atoms with Crippen LogP contribution in [0, 0.1) is 17.2 Å². The molecule has 13 heavy (non-hydrogen) atoms. The first-order chi connectivity index (χ1) is 6.10. The molecule has 0 saturated heterocycles. The summed E-state index contributed by atoms with van der Waals surface area (Å²) in [7, 11) is 0. The molecule has 4 nitrogen and oxygen atoms in total. The molecule has 0 aliphatic heterocycles. The summed E-state index contributed by atoms with van der Waals surface area (Å²) >= 11 is 0. The van der Waals surface area contributed by atoms with Gasteiger partial charge in [0.25, 0.3) is 0 Å². The summed E-state index contributed by atoms with van der Waals surface area (Å²) in [4.78, 5) is 14.8. The first-order valence-electron chi connectivity index (χ1n) is 4.20. The Balaban J connectivity index is 3.98. The van der Waals surface area contributed by atoms with E-state index in [1.54, 1.807) is 6.92 Å². The molecule has 0 aromatic rings. The molecular weight excluding hydrogens is 168 g/mol. The van der Waals surface area contributed by atoms with E-state index < -0.39 is 5.97 Å². The molecule has 0 amide bonds. The molecule has 4 heteroatoms. The van der Waals surface area contributed by atoms with Crippen LogP contribution in [-0.4, -0.2) is 11.7 Å². The first-order valence-corrected chi connectivity index (χ1v) is 4.20. The summed E-state index contributed by atoms with van der Waals surface area (Å²) in [5.41, 5.74) is 0.670. The van der Waals surface area contributed by atoms with Gasteiger partial charge in [-0.25, -0.2) is 4.79 Å². The Morgan fingerprint density at radius 2 is 2.23 bits per heavy atom. The van der Waals surface area contributed by atoms with Crippen molar-refractivity contribution in [2.75, 3.05) is 0 Å². The van der Waals surface area contributed by atoms with E-state index >= 15 is 0 Å². The third-order valence-electron chi connectivity index (χ3n) is 1.55. The lowest BCUT2D eigenvalue weighted by Gasteiger charge is -2.03. The third-order valence-corrected chi connectivity index (χ3v) is 1.55. The minimum atomic E-state index is -0.440. The fourth-order valence-electron chi connectivity index (χ4n) is 0.817. The van der Waals surface area contributed by atoms with Gasteiger partial charge in [0.1, 0.15) is 0 Å². The summed E-state index contributed by atoms with van der Waals surface area (Å²) in [5.74, 6) is -0.483. The van der Waals surface area contributed by atoms with E-state index in [0.717, 1.165) is 6.42 Å². The molecule has 0 spiro atoms. The van der Waals surface area contributed by atoms with Gasteiger partial charge in [-0.3, -0.25) is 0 Å². The van der Waals surface area contributed by atoms with E-state index in [2.05, 4.69) is 16.1 Å². The predicted molar refractivity (Wildman–Crippen MR) is 48.9 cm³/mol. The van der Waals surface area contributed by atoms with Gasteiger partial charge in [0.05, 0.1) is 17.7 Å². The van der Waals surface area contributed by atoms with E-state index in [0.29, 0.717) is 12.1 Å². The van der Waals surface area contributed by atoms with Gasteiger partial charge in [-0.2, -0.15) is 5.26 Å². The second kappa shape index (κ2) is 6.18. The van der Waals surface area contributed by atoms with Crippen molar-refractivity contribution in [2.24, 2.45) is 11.1 Å². The van der Waals surface area contributed by atoms with Gasteiger partial charge in [-0.1, -0.05) is 12.1 Å². The van der Waals surface area contributed by atoms with E-state index in [4.69, 9.17) is 5.26 Å². The largest absolute Gasteiger partial charge is 0.331 e. The summed E-state index contributed by atoms with van der Waals surface area (Å²) in [6, 6.07) is 2.15. The van der Waals surface area contributed by atoms with Gasteiger partial charge in [0, 0.05) is 13.3 Å². The Labute approximate surface area is 78.2 Å². The number of rotatable bonds is 4. The van der Waals surface area contributed by atoms with Gasteiger partial charge in [-0.05, 0) is 13.3 Å². The van der Waals surface area contributed by atoms with Crippen LogP contribution in [0.15, 0.2) is 5.16 Å². The van der Waals surface area contributed by atoms with Gasteiger partial charge < -0.3 is 4.84 Å². The average Bonchev–Trinajstić information content (AvgIpc) is 2.10. The molecule has 0 rings (SSSR count). The zero-order valence-electron chi connectivity index (χ0n) is 8.20. The number of oxime groups is 1. The molecule has 0 aliphatic carbocycles. The fourth-order valence-corrected chi connectivity index (χ4v) is 0.817. The highest BCUT2D eigenvalue weighted by atomic mass is 16.7. The number of nitriles is 1. The van der Waals surface area contributed by atoms with Crippen LogP contribution in [0.1, 0.15) is 33.6 Å². The van der Waals surface area contributed by atoms with Crippen LogP contribution in [0.2, 0.25) is 0 Å². The first kappa shape index (κ1) is 11.6. The molecule has 1 atom stereocenters. The van der Waals surface area contributed by atoms with Gasteiger partial charge in [0.15, 0.2) is 0 Å². The van der Waals surface area contributed by atoms with Crippen molar-refractivity contribution >= 4 is 11.7 Å². The van der Waals surface area contributed by atoms with Gasteiger partial charge in [-0.15, -0.1) is 0 Å². The van der Waals surface area contributed by atoms with Gasteiger partial charge >= 0.3 is 5.97 Å². The quantitative estimate of drug-likeness (QED) is 0.378. The highest BCUT2D eigenvalue weighted by Crippen LogP contribution is 2.07. The zero-order valence-corrected chi connectivity index (χ0v) is 8.20. The maximum atomic E-state index is 10.4. The zero-order chi connectivity index (χ0) is 10.3. The van der Waals surface area contributed by atoms with Crippen LogP contribution >= 0.6 is 0 Å². The van der Waals surface area contributed by atoms with E-state index in [-0.39, 0.29) is 5.92 Å². The molecule has 0 aromatic heterocycles.